The summed E-state index contributed by atoms with van der Waals surface area (Å²) in [4.78, 5) is 39.4. The molecule has 3 rings (SSSR count). The second-order valence-corrected chi connectivity index (χ2v) is 11.7. The first-order chi connectivity index (χ1) is 16.2. The Bertz CT molecular complexity index is 1110. The fraction of sp³-hybridized carbons (Fsp3) is 0.571. The highest BCUT2D eigenvalue weighted by atomic mass is 35.5. The molecule has 3 amide bonds. The Morgan fingerprint density at radius 3 is 2.54 bits per heavy atom. The van der Waals surface area contributed by atoms with Crippen LogP contribution < -0.4 is 15.4 Å². The lowest BCUT2D eigenvalue weighted by atomic mass is 10.1. The van der Waals surface area contributed by atoms with Crippen LogP contribution in [0.4, 0.5) is 14.9 Å². The third kappa shape index (κ3) is 6.81. The van der Waals surface area contributed by atoms with Crippen molar-refractivity contribution in [2.45, 2.75) is 57.3 Å². The maximum atomic E-state index is 13.4. The van der Waals surface area contributed by atoms with Crippen molar-refractivity contribution in [1.29, 1.82) is 0 Å². The van der Waals surface area contributed by atoms with Crippen LogP contribution in [0.5, 0.6) is 0 Å². The van der Waals surface area contributed by atoms with Crippen LogP contribution in [-0.2, 0) is 24.5 Å². The number of likely N-dealkylation sites (N-methyl/N-ethyl adjacent to an activating group) is 1. The molecule has 0 bridgehead atoms. The average Bonchev–Trinajstić information content (AvgIpc) is 3.20. The second kappa shape index (κ2) is 10.2. The van der Waals surface area contributed by atoms with E-state index in [2.05, 4.69) is 15.4 Å². The quantitative estimate of drug-likeness (QED) is 0.536. The molecular weight excluding hydrogens is 505 g/mol. The standard InChI is InChI=1S/C21H29ClFN5O6S/c1-21(2,3)34-20(31)28-8-7-13(11-28)25-18(29)16-10-17(27(4)35(32,33)26-16)19(30)24-12-5-6-15(23)14(22)9-12/h5-6,9,13,16-17,26H,7-8,10-11H2,1-4H3,(H,24,30)(H,25,29). The molecule has 0 aromatic heterocycles. The maximum absolute atomic E-state index is 13.4. The van der Waals surface area contributed by atoms with Gasteiger partial charge < -0.3 is 20.3 Å². The third-order valence-electron chi connectivity index (χ3n) is 5.56. The molecule has 0 aliphatic carbocycles. The number of nitrogens with one attached hydrogen (secondary N) is 3. The molecule has 2 aliphatic heterocycles. The van der Waals surface area contributed by atoms with Crippen LogP contribution in [-0.4, -0.2) is 79.4 Å². The Balaban J connectivity index is 1.64. The molecule has 3 N–H and O–H groups in total. The molecule has 1 aromatic carbocycles. The summed E-state index contributed by atoms with van der Waals surface area (Å²) >= 11 is 5.74. The monoisotopic (exact) mass is 533 g/mol. The van der Waals surface area contributed by atoms with Gasteiger partial charge in [-0.1, -0.05) is 11.6 Å². The number of carbonyl (C=O) groups excluding carboxylic acids is 3. The highest BCUT2D eigenvalue weighted by Crippen LogP contribution is 2.23. The van der Waals surface area contributed by atoms with Gasteiger partial charge in [-0.3, -0.25) is 9.59 Å². The summed E-state index contributed by atoms with van der Waals surface area (Å²) in [7, 11) is -2.93. The zero-order valence-electron chi connectivity index (χ0n) is 19.8. The lowest BCUT2D eigenvalue weighted by Crippen LogP contribution is -2.63. The van der Waals surface area contributed by atoms with Gasteiger partial charge in [0.05, 0.1) is 5.02 Å². The Morgan fingerprint density at radius 1 is 1.23 bits per heavy atom. The molecule has 2 heterocycles. The lowest BCUT2D eigenvalue weighted by molar-refractivity contribution is -0.125. The SMILES string of the molecule is CN1C(C(=O)Nc2ccc(F)c(Cl)c2)CC(C(=O)NC2CCN(C(=O)OC(C)(C)C)C2)NS1(=O)=O. The van der Waals surface area contributed by atoms with Gasteiger partial charge in [-0.05, 0) is 51.8 Å². The van der Waals surface area contributed by atoms with Gasteiger partial charge in [0.25, 0.3) is 10.2 Å². The van der Waals surface area contributed by atoms with E-state index >= 15 is 0 Å². The van der Waals surface area contributed by atoms with Gasteiger partial charge in [0, 0.05) is 31.9 Å². The minimum Gasteiger partial charge on any atom is -0.444 e. The Kier molecular flexibility index (Phi) is 7.94. The van der Waals surface area contributed by atoms with E-state index in [0.29, 0.717) is 13.0 Å². The van der Waals surface area contributed by atoms with Crippen molar-refractivity contribution in [3.63, 3.8) is 0 Å². The third-order valence-corrected chi connectivity index (χ3v) is 7.45. The minimum absolute atomic E-state index is 0.148. The fourth-order valence-corrected chi connectivity index (χ4v) is 5.18. The summed E-state index contributed by atoms with van der Waals surface area (Å²) in [6, 6.07) is 0.745. The van der Waals surface area contributed by atoms with Gasteiger partial charge in [-0.2, -0.15) is 17.4 Å². The lowest BCUT2D eigenvalue weighted by Gasteiger charge is -2.35. The Labute approximate surface area is 208 Å². The predicted molar refractivity (Wildman–Crippen MR) is 126 cm³/mol. The molecule has 2 fully saturated rings. The van der Waals surface area contributed by atoms with Crippen molar-refractivity contribution in [3.8, 4) is 0 Å². The molecule has 11 nitrogen and oxygen atoms in total. The van der Waals surface area contributed by atoms with Crippen LogP contribution in [0.3, 0.4) is 0 Å². The van der Waals surface area contributed by atoms with Crippen molar-refractivity contribution in [3.05, 3.63) is 29.0 Å². The smallest absolute Gasteiger partial charge is 0.410 e. The summed E-state index contributed by atoms with van der Waals surface area (Å²) in [6.07, 6.45) is -0.170. The van der Waals surface area contributed by atoms with Crippen LogP contribution in [0.25, 0.3) is 0 Å². The summed E-state index contributed by atoms with van der Waals surface area (Å²) in [5, 5.41) is 5.05. The predicted octanol–water partition coefficient (Wildman–Crippen LogP) is 1.45. The number of ether oxygens (including phenoxy) is 1. The summed E-state index contributed by atoms with van der Waals surface area (Å²) in [6.45, 7) is 5.86. The highest BCUT2D eigenvalue weighted by Gasteiger charge is 2.43. The molecule has 0 radical (unpaired) electrons. The Hall–Kier alpha value is -2.48. The van der Waals surface area contributed by atoms with Gasteiger partial charge in [0.15, 0.2) is 0 Å². The number of hydrogen-bond acceptors (Lipinski definition) is 6. The van der Waals surface area contributed by atoms with E-state index in [1.54, 1.807) is 20.8 Å². The van der Waals surface area contributed by atoms with Crippen molar-refractivity contribution >= 4 is 45.4 Å². The van der Waals surface area contributed by atoms with E-state index < -0.39 is 57.7 Å². The highest BCUT2D eigenvalue weighted by molar-refractivity contribution is 7.87. The van der Waals surface area contributed by atoms with Crippen molar-refractivity contribution in [2.24, 2.45) is 0 Å². The van der Waals surface area contributed by atoms with Crippen LogP contribution in [0.1, 0.15) is 33.6 Å². The van der Waals surface area contributed by atoms with Gasteiger partial charge >= 0.3 is 6.09 Å². The molecular formula is C21H29ClFN5O6S. The molecule has 194 valence electrons. The number of nitrogens with zero attached hydrogens (tertiary/aromatic N) is 2. The average molecular weight is 534 g/mol. The summed E-state index contributed by atoms with van der Waals surface area (Å²) in [5.74, 6) is -1.98. The van der Waals surface area contributed by atoms with E-state index in [9.17, 15) is 27.2 Å². The molecule has 2 saturated heterocycles. The molecule has 1 aromatic rings. The van der Waals surface area contributed by atoms with Crippen molar-refractivity contribution < 1.29 is 31.9 Å². The first-order valence-corrected chi connectivity index (χ1v) is 12.8. The zero-order chi connectivity index (χ0) is 26.1. The Morgan fingerprint density at radius 2 is 1.91 bits per heavy atom. The molecule has 3 atom stereocenters. The number of anilines is 1. The molecule has 0 spiro atoms. The second-order valence-electron chi connectivity index (χ2n) is 9.48. The van der Waals surface area contributed by atoms with E-state index in [0.717, 1.165) is 10.4 Å². The van der Waals surface area contributed by atoms with E-state index in [1.165, 1.54) is 24.1 Å². The van der Waals surface area contributed by atoms with Crippen LogP contribution in [0, 0.1) is 5.82 Å². The molecule has 0 saturated carbocycles. The van der Waals surface area contributed by atoms with Crippen LogP contribution >= 0.6 is 11.6 Å². The van der Waals surface area contributed by atoms with Crippen LogP contribution in [0.15, 0.2) is 18.2 Å². The molecule has 14 heteroatoms. The molecule has 3 unspecified atom stereocenters. The van der Waals surface area contributed by atoms with E-state index in [-0.39, 0.29) is 23.7 Å². The number of rotatable bonds is 4. The maximum Gasteiger partial charge on any atom is 0.410 e. The molecule has 2 aliphatic rings. The number of carbonyl (C=O) groups is 3. The van der Waals surface area contributed by atoms with Crippen molar-refractivity contribution in [1.82, 2.24) is 19.2 Å². The number of amides is 3. The number of hydrogen-bond donors (Lipinski definition) is 3. The van der Waals surface area contributed by atoms with Gasteiger partial charge in [0.2, 0.25) is 11.8 Å². The van der Waals surface area contributed by atoms with Crippen LogP contribution in [0.2, 0.25) is 5.02 Å². The van der Waals surface area contributed by atoms with Gasteiger partial charge in [0.1, 0.15) is 23.5 Å². The largest absolute Gasteiger partial charge is 0.444 e. The zero-order valence-corrected chi connectivity index (χ0v) is 21.4. The summed E-state index contributed by atoms with van der Waals surface area (Å²) < 4.78 is 47.0. The summed E-state index contributed by atoms with van der Waals surface area (Å²) in [5.41, 5.74) is -0.473. The first kappa shape index (κ1) is 27.1. The minimum atomic E-state index is -4.14. The molecule has 35 heavy (non-hydrogen) atoms. The first-order valence-electron chi connectivity index (χ1n) is 11.0. The number of halogens is 2. The van der Waals surface area contributed by atoms with Gasteiger partial charge in [-0.25, -0.2) is 9.18 Å². The van der Waals surface area contributed by atoms with Crippen molar-refractivity contribution in [2.75, 3.05) is 25.5 Å². The van der Waals surface area contributed by atoms with E-state index in [4.69, 9.17) is 16.3 Å². The van der Waals surface area contributed by atoms with Gasteiger partial charge in [-0.15, -0.1) is 0 Å². The number of likely N-dealkylation sites (tertiary alicyclic amines) is 1. The normalized spacial score (nSPS) is 24.6. The topological polar surface area (TPSA) is 137 Å². The van der Waals surface area contributed by atoms with E-state index in [1.807, 2.05) is 0 Å². The number of benzene rings is 1. The fourth-order valence-electron chi connectivity index (χ4n) is 3.75.